The van der Waals surface area contributed by atoms with E-state index in [1.807, 2.05) is 12.1 Å². The van der Waals surface area contributed by atoms with E-state index in [9.17, 15) is 14.4 Å². The molecule has 3 amide bonds. The van der Waals surface area contributed by atoms with Crippen molar-refractivity contribution in [3.05, 3.63) is 29.3 Å². The molecule has 0 unspecified atom stereocenters. The molecule has 150 valence electrons. The fraction of sp³-hybridized carbons (Fsp3) is 0.571. The Labute approximate surface area is 165 Å². The number of fused-ring (bicyclic) bond motifs is 1. The minimum absolute atomic E-state index is 0.134. The van der Waals surface area contributed by atoms with E-state index in [1.54, 1.807) is 11.0 Å². The van der Waals surface area contributed by atoms with Crippen LogP contribution in [0.5, 0.6) is 5.75 Å². The lowest BCUT2D eigenvalue weighted by atomic mass is 9.96. The maximum absolute atomic E-state index is 12.8. The smallest absolute Gasteiger partial charge is 0.255 e. The number of nitrogens with zero attached hydrogens (tertiary/aromatic N) is 2. The minimum atomic E-state index is -0.585. The van der Waals surface area contributed by atoms with Gasteiger partial charge in [-0.1, -0.05) is 13.8 Å². The van der Waals surface area contributed by atoms with Gasteiger partial charge in [-0.05, 0) is 55.6 Å². The highest BCUT2D eigenvalue weighted by Crippen LogP contribution is 2.31. The van der Waals surface area contributed by atoms with E-state index in [1.165, 1.54) is 0 Å². The van der Waals surface area contributed by atoms with Gasteiger partial charge in [0.25, 0.3) is 5.91 Å². The quantitative estimate of drug-likeness (QED) is 0.796. The maximum Gasteiger partial charge on any atom is 0.255 e. The molecule has 0 saturated carbocycles. The number of rotatable bonds is 4. The van der Waals surface area contributed by atoms with Gasteiger partial charge in [-0.3, -0.25) is 24.6 Å². The summed E-state index contributed by atoms with van der Waals surface area (Å²) in [6.45, 7) is 7.80. The highest BCUT2D eigenvalue weighted by atomic mass is 16.5. The molecule has 2 saturated heterocycles. The average molecular weight is 385 g/mol. The van der Waals surface area contributed by atoms with Crippen LogP contribution in [0.15, 0.2) is 18.2 Å². The van der Waals surface area contributed by atoms with Crippen LogP contribution < -0.4 is 10.1 Å². The molecule has 4 rings (SSSR count). The molecule has 0 radical (unpaired) electrons. The summed E-state index contributed by atoms with van der Waals surface area (Å²) >= 11 is 0. The molecule has 0 spiro atoms. The summed E-state index contributed by atoms with van der Waals surface area (Å²) in [5.74, 6) is 0.441. The SMILES string of the molecule is CCN1CC[C@H](C)[C@@H](Oc2ccc3c(c2)CN([C@H]2CCC(=O)NC2=O)C3=O)C1. The molecule has 1 N–H and O–H groups in total. The van der Waals surface area contributed by atoms with Gasteiger partial charge in [-0.2, -0.15) is 0 Å². The first-order valence-corrected chi connectivity index (χ1v) is 10.1. The Morgan fingerprint density at radius 2 is 2.04 bits per heavy atom. The van der Waals surface area contributed by atoms with Crippen molar-refractivity contribution in [2.75, 3.05) is 19.6 Å². The monoisotopic (exact) mass is 385 g/mol. The van der Waals surface area contributed by atoms with Gasteiger partial charge < -0.3 is 9.64 Å². The lowest BCUT2D eigenvalue weighted by molar-refractivity contribution is -0.136. The van der Waals surface area contributed by atoms with E-state index in [0.29, 0.717) is 24.4 Å². The van der Waals surface area contributed by atoms with Crippen molar-refractivity contribution >= 4 is 17.7 Å². The first kappa shape index (κ1) is 18.9. The zero-order valence-corrected chi connectivity index (χ0v) is 16.4. The Morgan fingerprint density at radius 3 is 2.79 bits per heavy atom. The predicted molar refractivity (Wildman–Crippen MR) is 103 cm³/mol. The molecule has 7 nitrogen and oxygen atoms in total. The van der Waals surface area contributed by atoms with Crippen molar-refractivity contribution < 1.29 is 19.1 Å². The van der Waals surface area contributed by atoms with Crippen LogP contribution in [-0.2, 0) is 16.1 Å². The summed E-state index contributed by atoms with van der Waals surface area (Å²) in [6, 6.07) is 4.99. The fourth-order valence-corrected chi connectivity index (χ4v) is 4.34. The van der Waals surface area contributed by atoms with Crippen LogP contribution in [0, 0.1) is 5.92 Å². The Hall–Kier alpha value is -2.41. The summed E-state index contributed by atoms with van der Waals surface area (Å²) in [6.07, 6.45) is 1.89. The van der Waals surface area contributed by atoms with Gasteiger partial charge in [-0.15, -0.1) is 0 Å². The molecular formula is C21H27N3O4. The van der Waals surface area contributed by atoms with Crippen molar-refractivity contribution in [1.82, 2.24) is 15.1 Å². The number of carbonyl (C=O) groups is 3. The molecule has 2 fully saturated rings. The molecule has 0 bridgehead atoms. The normalized spacial score (nSPS) is 28.3. The van der Waals surface area contributed by atoms with Gasteiger partial charge in [0, 0.05) is 25.1 Å². The van der Waals surface area contributed by atoms with E-state index in [4.69, 9.17) is 4.74 Å². The molecule has 1 aromatic carbocycles. The zero-order chi connectivity index (χ0) is 19.8. The van der Waals surface area contributed by atoms with Gasteiger partial charge in [0.05, 0.1) is 0 Å². The van der Waals surface area contributed by atoms with Gasteiger partial charge >= 0.3 is 0 Å². The number of hydrogen-bond acceptors (Lipinski definition) is 5. The Bertz CT molecular complexity index is 809. The highest BCUT2D eigenvalue weighted by molar-refractivity contribution is 6.05. The lowest BCUT2D eigenvalue weighted by Crippen LogP contribution is -2.52. The maximum atomic E-state index is 12.8. The van der Waals surface area contributed by atoms with Crippen LogP contribution in [0.3, 0.4) is 0 Å². The van der Waals surface area contributed by atoms with Crippen molar-refractivity contribution in [3.8, 4) is 5.75 Å². The predicted octanol–water partition coefficient (Wildman–Crippen LogP) is 1.56. The summed E-state index contributed by atoms with van der Waals surface area (Å²) < 4.78 is 6.28. The number of imide groups is 1. The third-order valence-electron chi connectivity index (χ3n) is 6.20. The summed E-state index contributed by atoms with van der Waals surface area (Å²) in [5, 5.41) is 2.33. The molecule has 7 heteroatoms. The van der Waals surface area contributed by atoms with Crippen LogP contribution in [0.25, 0.3) is 0 Å². The van der Waals surface area contributed by atoms with Gasteiger partial charge in [0.2, 0.25) is 11.8 Å². The molecule has 3 aliphatic rings. The zero-order valence-electron chi connectivity index (χ0n) is 16.4. The topological polar surface area (TPSA) is 79.0 Å². The van der Waals surface area contributed by atoms with Gasteiger partial charge in [0.1, 0.15) is 17.9 Å². The standard InChI is InChI=1S/C21H27N3O4/c1-3-23-9-8-13(2)18(12-23)28-15-4-5-16-14(10-15)11-24(21(16)27)17-6-7-19(25)22-20(17)26/h4-5,10,13,17-18H,3,6-9,11-12H2,1-2H3,(H,22,25,26)/t13-,17-,18-/m0/s1. The second-order valence-electron chi connectivity index (χ2n) is 8.03. The minimum Gasteiger partial charge on any atom is -0.489 e. The Morgan fingerprint density at radius 1 is 1.21 bits per heavy atom. The first-order valence-electron chi connectivity index (χ1n) is 10.1. The summed E-state index contributed by atoms with van der Waals surface area (Å²) in [5.41, 5.74) is 1.49. The number of nitrogens with one attached hydrogen (secondary N) is 1. The molecule has 3 atom stereocenters. The number of benzene rings is 1. The van der Waals surface area contributed by atoms with Gasteiger partial charge in [-0.25, -0.2) is 0 Å². The number of ether oxygens (including phenoxy) is 1. The number of likely N-dealkylation sites (N-methyl/N-ethyl adjacent to an activating group) is 1. The van der Waals surface area contributed by atoms with E-state index in [-0.39, 0.29) is 30.2 Å². The second-order valence-corrected chi connectivity index (χ2v) is 8.03. The van der Waals surface area contributed by atoms with Crippen LogP contribution in [0.4, 0.5) is 0 Å². The van der Waals surface area contributed by atoms with Crippen molar-refractivity contribution in [3.63, 3.8) is 0 Å². The van der Waals surface area contributed by atoms with Crippen LogP contribution in [0.2, 0.25) is 0 Å². The molecule has 28 heavy (non-hydrogen) atoms. The largest absolute Gasteiger partial charge is 0.489 e. The molecule has 1 aromatic rings. The fourth-order valence-electron chi connectivity index (χ4n) is 4.34. The molecule has 3 heterocycles. The van der Waals surface area contributed by atoms with E-state index in [2.05, 4.69) is 24.1 Å². The van der Waals surface area contributed by atoms with Gasteiger partial charge in [0.15, 0.2) is 0 Å². The van der Waals surface area contributed by atoms with E-state index < -0.39 is 6.04 Å². The lowest BCUT2D eigenvalue weighted by Gasteiger charge is -2.36. The number of likely N-dealkylation sites (tertiary alicyclic amines) is 1. The molecule has 0 aliphatic carbocycles. The Balaban J connectivity index is 1.48. The number of amides is 3. The number of hydrogen-bond donors (Lipinski definition) is 1. The summed E-state index contributed by atoms with van der Waals surface area (Å²) in [4.78, 5) is 40.3. The molecule has 3 aliphatic heterocycles. The number of piperidine rings is 2. The van der Waals surface area contributed by atoms with Crippen molar-refractivity contribution in [2.45, 2.75) is 51.8 Å². The van der Waals surface area contributed by atoms with Crippen LogP contribution >= 0.6 is 0 Å². The number of carbonyl (C=O) groups excluding carboxylic acids is 3. The third-order valence-corrected chi connectivity index (χ3v) is 6.20. The second kappa shape index (κ2) is 7.54. The van der Waals surface area contributed by atoms with Crippen molar-refractivity contribution in [2.24, 2.45) is 5.92 Å². The first-order chi connectivity index (χ1) is 13.5. The van der Waals surface area contributed by atoms with E-state index in [0.717, 1.165) is 37.4 Å². The van der Waals surface area contributed by atoms with E-state index >= 15 is 0 Å². The Kier molecular flexibility index (Phi) is 5.10. The average Bonchev–Trinajstić information content (AvgIpc) is 2.99. The molecule has 0 aromatic heterocycles. The molecular weight excluding hydrogens is 358 g/mol. The van der Waals surface area contributed by atoms with Crippen LogP contribution in [-0.4, -0.2) is 59.3 Å². The summed E-state index contributed by atoms with van der Waals surface area (Å²) in [7, 11) is 0. The third kappa shape index (κ3) is 3.51. The van der Waals surface area contributed by atoms with Crippen molar-refractivity contribution in [1.29, 1.82) is 0 Å². The highest BCUT2D eigenvalue weighted by Gasteiger charge is 2.39. The van der Waals surface area contributed by atoms with Crippen LogP contribution in [0.1, 0.15) is 49.0 Å².